The third-order valence-electron chi connectivity index (χ3n) is 5.83. The average Bonchev–Trinajstić information content (AvgIpc) is 3.66. The lowest BCUT2D eigenvalue weighted by molar-refractivity contribution is -0.132. The van der Waals surface area contributed by atoms with Gasteiger partial charge in [-0.2, -0.15) is 10.5 Å². The first-order valence-corrected chi connectivity index (χ1v) is 10.8. The number of carbonyl (C=O) groups is 1. The third kappa shape index (κ3) is 5.30. The molecule has 2 aromatic rings. The number of nitrogens with zero attached hydrogens (tertiary/aromatic N) is 2. The molecule has 1 heterocycles. The highest BCUT2D eigenvalue weighted by molar-refractivity contribution is 5.81. The summed E-state index contributed by atoms with van der Waals surface area (Å²) in [5, 5.41) is 24.8. The molecule has 1 aliphatic carbocycles. The van der Waals surface area contributed by atoms with Gasteiger partial charge in [0.15, 0.2) is 0 Å². The van der Waals surface area contributed by atoms with Gasteiger partial charge in [0.2, 0.25) is 0 Å². The minimum absolute atomic E-state index is 0.247. The molecule has 0 aromatic heterocycles. The first-order valence-electron chi connectivity index (χ1n) is 10.8. The van der Waals surface area contributed by atoms with Gasteiger partial charge in [-0.15, -0.1) is 0 Å². The van der Waals surface area contributed by atoms with Crippen molar-refractivity contribution in [3.8, 4) is 23.3 Å². The van der Waals surface area contributed by atoms with Crippen LogP contribution in [0.15, 0.2) is 42.5 Å². The number of ether oxygens (including phenoxy) is 1. The normalized spacial score (nSPS) is 19.5. The maximum absolute atomic E-state index is 12.4. The first kappa shape index (κ1) is 21.1. The lowest BCUT2D eigenvalue weighted by atomic mass is 9.96. The van der Waals surface area contributed by atoms with Gasteiger partial charge in [-0.25, -0.2) is 0 Å². The number of hydrogen-bond acceptors (Lipinski definition) is 5. The Bertz CT molecular complexity index is 1010. The SMILES string of the molecule is N#Cc1ccc(-c2ccc(C[C@@H](C#N)NC(=O)[C@@H]3CNCCCO3)cc2)cc1C1CC1. The van der Waals surface area contributed by atoms with Crippen molar-refractivity contribution in [1.29, 1.82) is 10.5 Å². The summed E-state index contributed by atoms with van der Waals surface area (Å²) >= 11 is 0. The molecular formula is C25H26N4O2. The van der Waals surface area contributed by atoms with E-state index in [1.165, 1.54) is 0 Å². The molecule has 2 N–H and O–H groups in total. The summed E-state index contributed by atoms with van der Waals surface area (Å²) in [7, 11) is 0. The molecule has 0 radical (unpaired) electrons. The van der Waals surface area contributed by atoms with E-state index >= 15 is 0 Å². The second kappa shape index (κ2) is 9.75. The molecule has 1 saturated heterocycles. The summed E-state index contributed by atoms with van der Waals surface area (Å²) in [4.78, 5) is 12.4. The summed E-state index contributed by atoms with van der Waals surface area (Å²) < 4.78 is 5.57. The summed E-state index contributed by atoms with van der Waals surface area (Å²) in [5.74, 6) is 0.268. The van der Waals surface area contributed by atoms with Crippen molar-refractivity contribution in [2.45, 2.75) is 43.7 Å². The van der Waals surface area contributed by atoms with E-state index in [9.17, 15) is 15.3 Å². The molecule has 6 heteroatoms. The van der Waals surface area contributed by atoms with Crippen LogP contribution >= 0.6 is 0 Å². The van der Waals surface area contributed by atoms with Crippen LogP contribution in [0, 0.1) is 22.7 Å². The maximum Gasteiger partial charge on any atom is 0.251 e. The molecule has 0 unspecified atom stereocenters. The van der Waals surface area contributed by atoms with Crippen LogP contribution in [0.2, 0.25) is 0 Å². The van der Waals surface area contributed by atoms with Gasteiger partial charge in [-0.1, -0.05) is 30.3 Å². The number of hydrogen-bond donors (Lipinski definition) is 2. The fourth-order valence-electron chi connectivity index (χ4n) is 3.92. The zero-order valence-electron chi connectivity index (χ0n) is 17.4. The monoisotopic (exact) mass is 414 g/mol. The maximum atomic E-state index is 12.4. The number of nitriles is 2. The van der Waals surface area contributed by atoms with E-state index in [-0.39, 0.29) is 5.91 Å². The molecule has 0 spiro atoms. The molecule has 0 bridgehead atoms. The molecule has 31 heavy (non-hydrogen) atoms. The van der Waals surface area contributed by atoms with Crippen molar-refractivity contribution in [3.05, 3.63) is 59.2 Å². The van der Waals surface area contributed by atoms with E-state index in [1.54, 1.807) is 0 Å². The molecular weight excluding hydrogens is 388 g/mol. The Hall–Kier alpha value is -3.19. The fraction of sp³-hybridized carbons (Fsp3) is 0.400. The van der Waals surface area contributed by atoms with Crippen molar-refractivity contribution in [2.75, 3.05) is 19.7 Å². The number of amides is 1. The topological polar surface area (TPSA) is 97.9 Å². The number of rotatable bonds is 6. The van der Waals surface area contributed by atoms with E-state index in [0.717, 1.165) is 53.6 Å². The molecule has 4 rings (SSSR count). The van der Waals surface area contributed by atoms with Gasteiger partial charge in [-0.05, 0) is 66.1 Å². The van der Waals surface area contributed by atoms with Crippen molar-refractivity contribution in [2.24, 2.45) is 0 Å². The summed E-state index contributed by atoms with van der Waals surface area (Å²) in [6.07, 6.45) is 3.06. The van der Waals surface area contributed by atoms with Gasteiger partial charge in [-0.3, -0.25) is 4.79 Å². The lowest BCUT2D eigenvalue weighted by Crippen LogP contribution is -2.46. The number of benzene rings is 2. The van der Waals surface area contributed by atoms with Crippen molar-refractivity contribution < 1.29 is 9.53 Å². The van der Waals surface area contributed by atoms with Crippen molar-refractivity contribution >= 4 is 5.91 Å². The number of carbonyl (C=O) groups excluding carboxylic acids is 1. The molecule has 1 saturated carbocycles. The molecule has 2 aromatic carbocycles. The van der Waals surface area contributed by atoms with Crippen molar-refractivity contribution in [1.82, 2.24) is 10.6 Å². The van der Waals surface area contributed by atoms with E-state index < -0.39 is 12.1 Å². The van der Waals surface area contributed by atoms with Gasteiger partial charge in [0.25, 0.3) is 5.91 Å². The Morgan fingerprint density at radius 3 is 2.65 bits per heavy atom. The summed E-state index contributed by atoms with van der Waals surface area (Å²) in [5.41, 5.74) is 5.06. The molecule has 2 fully saturated rings. The van der Waals surface area contributed by atoms with Crippen LogP contribution in [0.25, 0.3) is 11.1 Å². The van der Waals surface area contributed by atoms with E-state index in [2.05, 4.69) is 28.8 Å². The predicted octanol–water partition coefficient (Wildman–Crippen LogP) is 3.03. The van der Waals surface area contributed by atoms with Gasteiger partial charge >= 0.3 is 0 Å². The van der Waals surface area contributed by atoms with Crippen LogP contribution in [0.3, 0.4) is 0 Å². The Kier molecular flexibility index (Phi) is 6.62. The molecule has 2 atom stereocenters. The smallest absolute Gasteiger partial charge is 0.251 e. The molecule has 2 aliphatic rings. The highest BCUT2D eigenvalue weighted by Crippen LogP contribution is 2.42. The zero-order valence-corrected chi connectivity index (χ0v) is 17.4. The quantitative estimate of drug-likeness (QED) is 0.757. The predicted molar refractivity (Wildman–Crippen MR) is 117 cm³/mol. The fourth-order valence-corrected chi connectivity index (χ4v) is 3.92. The second-order valence-corrected chi connectivity index (χ2v) is 8.20. The van der Waals surface area contributed by atoms with E-state index in [4.69, 9.17) is 4.74 Å². The number of nitrogens with one attached hydrogen (secondary N) is 2. The zero-order chi connectivity index (χ0) is 21.6. The second-order valence-electron chi connectivity index (χ2n) is 8.20. The van der Waals surface area contributed by atoms with Crippen LogP contribution in [-0.2, 0) is 16.0 Å². The van der Waals surface area contributed by atoms with Gasteiger partial charge in [0.1, 0.15) is 12.1 Å². The summed E-state index contributed by atoms with van der Waals surface area (Å²) in [6.45, 7) is 1.84. The first-order chi connectivity index (χ1) is 15.2. The Balaban J connectivity index is 1.41. The van der Waals surface area contributed by atoms with E-state index in [1.807, 2.05) is 36.4 Å². The van der Waals surface area contributed by atoms with Crippen LogP contribution in [0.5, 0.6) is 0 Å². The van der Waals surface area contributed by atoms with Crippen LogP contribution in [-0.4, -0.2) is 37.7 Å². The minimum atomic E-state index is -0.610. The van der Waals surface area contributed by atoms with Gasteiger partial charge in [0, 0.05) is 19.6 Å². The van der Waals surface area contributed by atoms with Gasteiger partial charge < -0.3 is 15.4 Å². The highest BCUT2D eigenvalue weighted by atomic mass is 16.5. The van der Waals surface area contributed by atoms with Crippen LogP contribution < -0.4 is 10.6 Å². The Morgan fingerprint density at radius 2 is 1.94 bits per heavy atom. The standard InChI is InChI=1S/C25H26N4O2/c26-14-21-9-8-20(13-23(21)19-6-7-19)18-4-2-17(3-5-18)12-22(15-27)29-25(30)24-16-28-10-1-11-31-24/h2-5,8-9,13,19,22,24,28H,1,6-7,10-12,16H2,(H,29,30)/t22-,24-/m0/s1. The highest BCUT2D eigenvalue weighted by Gasteiger charge is 2.26. The van der Waals surface area contributed by atoms with Crippen LogP contribution in [0.1, 0.15) is 41.9 Å². The minimum Gasteiger partial charge on any atom is -0.367 e. The van der Waals surface area contributed by atoms with Gasteiger partial charge in [0.05, 0.1) is 17.7 Å². The van der Waals surface area contributed by atoms with Crippen molar-refractivity contribution in [3.63, 3.8) is 0 Å². The molecule has 1 aliphatic heterocycles. The van der Waals surface area contributed by atoms with Crippen LogP contribution in [0.4, 0.5) is 0 Å². The van der Waals surface area contributed by atoms with E-state index in [0.29, 0.717) is 25.5 Å². The largest absolute Gasteiger partial charge is 0.367 e. The Labute approximate surface area is 182 Å². The molecule has 6 nitrogen and oxygen atoms in total. The molecule has 158 valence electrons. The lowest BCUT2D eigenvalue weighted by Gasteiger charge is -2.18. The third-order valence-corrected chi connectivity index (χ3v) is 5.83. The average molecular weight is 415 g/mol. The summed E-state index contributed by atoms with van der Waals surface area (Å²) in [6, 6.07) is 17.9. The Morgan fingerprint density at radius 1 is 1.16 bits per heavy atom. The molecule has 1 amide bonds.